The van der Waals surface area contributed by atoms with Crippen molar-refractivity contribution in [2.24, 2.45) is 0 Å². The van der Waals surface area contributed by atoms with Crippen molar-refractivity contribution < 1.29 is 32.0 Å². The fourth-order valence-corrected chi connectivity index (χ4v) is 1.23. The molecule has 0 spiro atoms. The van der Waals surface area contributed by atoms with Crippen LogP contribution in [0.2, 0.25) is 0 Å². The molecule has 0 aliphatic heterocycles. The minimum absolute atomic E-state index is 0.235. The minimum atomic E-state index is 0.235. The van der Waals surface area contributed by atoms with E-state index in [4.69, 9.17) is 22.4 Å². The second-order valence-corrected chi connectivity index (χ2v) is 6.57. The van der Waals surface area contributed by atoms with Crippen molar-refractivity contribution in [3.63, 3.8) is 0 Å². The van der Waals surface area contributed by atoms with Crippen LogP contribution in [0.4, 0.5) is 0 Å². The molecular formula is C29H68O5. The van der Waals surface area contributed by atoms with Crippen LogP contribution in [0.5, 0.6) is 0 Å². The van der Waals surface area contributed by atoms with Gasteiger partial charge in [-0.3, -0.25) is 0 Å². The van der Waals surface area contributed by atoms with E-state index in [0.717, 1.165) is 77.8 Å². The predicted octanol–water partition coefficient (Wildman–Crippen LogP) is 8.91. The third kappa shape index (κ3) is 122. The van der Waals surface area contributed by atoms with E-state index in [9.17, 15) is 4.79 Å². The van der Waals surface area contributed by atoms with Crippen LogP contribution >= 0.6 is 0 Å². The Morgan fingerprint density at radius 1 is 0.618 bits per heavy atom. The maximum Gasteiger partial charge on any atom is 0.129 e. The summed E-state index contributed by atoms with van der Waals surface area (Å²) in [7, 11) is 1.65. The lowest BCUT2D eigenvalue weighted by Crippen LogP contribution is -2.03. The van der Waals surface area contributed by atoms with Gasteiger partial charge in [-0.25, -0.2) is 0 Å². The Kier molecular flexibility index (Phi) is 59.1. The van der Waals surface area contributed by atoms with Gasteiger partial charge in [0.25, 0.3) is 0 Å². The summed E-state index contributed by atoms with van der Waals surface area (Å²) in [4.78, 5) is 10.3. The Morgan fingerprint density at radius 3 is 1.44 bits per heavy atom. The first-order valence-corrected chi connectivity index (χ1v) is 12.8. The summed E-state index contributed by atoms with van der Waals surface area (Å²) in [6.07, 6.45) is 8.15. The smallest absolute Gasteiger partial charge is 0.129 e. The number of unbranched alkanes of at least 4 members (excludes halogenated alkanes) is 2. The molecule has 0 bridgehead atoms. The van der Waals surface area contributed by atoms with Gasteiger partial charge in [-0.05, 0) is 46.5 Å². The van der Waals surface area contributed by atoms with E-state index >= 15 is 0 Å². The average molecular weight is 509 g/mol. The quantitative estimate of drug-likeness (QED) is 0.207. The van der Waals surface area contributed by atoms with E-state index in [1.54, 1.807) is 14.0 Å². The van der Waals surface area contributed by atoms with E-state index in [-0.39, 0.29) is 5.78 Å². The molecule has 0 rings (SSSR count). The second kappa shape index (κ2) is 63.7. The fourth-order valence-electron chi connectivity index (χ4n) is 1.23. The van der Waals surface area contributed by atoms with Crippen molar-refractivity contribution in [3.05, 3.63) is 0 Å². The van der Waals surface area contributed by atoms with E-state index in [1.807, 2.05) is 20.8 Å². The zero-order valence-electron chi connectivity index (χ0n) is 30.1. The van der Waals surface area contributed by atoms with Gasteiger partial charge in [0.05, 0.1) is 13.2 Å². The number of methoxy groups -OCH3 is 1. The maximum absolute atomic E-state index is 10.3. The molecule has 0 unspecified atom stereocenters. The van der Waals surface area contributed by atoms with Gasteiger partial charge < -0.3 is 23.7 Å². The fraction of sp³-hybridized carbons (Fsp3) is 0.966. The van der Waals surface area contributed by atoms with Crippen molar-refractivity contribution >= 4 is 5.78 Å². The molecule has 0 aromatic heterocycles. The first kappa shape index (κ1) is 31.5. The van der Waals surface area contributed by atoms with Crippen LogP contribution in [0, 0.1) is 0 Å². The summed E-state index contributed by atoms with van der Waals surface area (Å²) in [5.41, 5.74) is 0. The number of Topliss-reactive ketones (excluding diaryl/α,β-unsaturated/α-hetero) is 1. The van der Waals surface area contributed by atoms with E-state index in [2.05, 4.69) is 11.7 Å². The van der Waals surface area contributed by atoms with E-state index < -0.39 is 0 Å². The summed E-state index contributed by atoms with van der Waals surface area (Å²) in [5.74, 6) is 0.235. The molecule has 0 aromatic carbocycles. The topological polar surface area (TPSA) is 54.0 Å². The number of carbonyl (C=O) groups excluding carboxylic acids is 1. The summed E-state index contributed by atoms with van der Waals surface area (Å²) in [6, 6.07) is 0. The average Bonchev–Trinajstić information content (AvgIpc) is 2.96. The highest BCUT2D eigenvalue weighted by atomic mass is 16.5. The number of ether oxygens (including phenoxy) is 4. The van der Waals surface area contributed by atoms with Crippen molar-refractivity contribution in [3.8, 4) is 0 Å². The highest BCUT2D eigenvalue weighted by molar-refractivity contribution is 5.75. The monoisotopic (exact) mass is 509 g/mol. The van der Waals surface area contributed by atoms with Gasteiger partial charge in [-0.15, -0.1) is 0 Å². The van der Waals surface area contributed by atoms with Gasteiger partial charge in [-0.2, -0.15) is 0 Å². The van der Waals surface area contributed by atoms with Crippen molar-refractivity contribution in [1.29, 1.82) is 0 Å². The molecule has 214 valence electrons. The zero-order chi connectivity index (χ0) is 32.0. The van der Waals surface area contributed by atoms with E-state index in [0.29, 0.717) is 67.6 Å². The molecule has 5 nitrogen and oxygen atoms in total. The molecule has 0 aromatic rings. The SMILES string of the molecule is [3H]CCC.[3H]CCCC.[3H]CCCCC(C)=O.[3H]CCCOC.[3H]CCCOCC.[3H]CCCOCCOCC. The molecule has 0 heterocycles. The Labute approximate surface area is 225 Å². The van der Waals surface area contributed by atoms with Crippen LogP contribution in [0.25, 0.3) is 0 Å². The van der Waals surface area contributed by atoms with Gasteiger partial charge in [0.2, 0.25) is 0 Å². The van der Waals surface area contributed by atoms with Crippen molar-refractivity contribution in [2.75, 3.05) is 53.4 Å². The van der Waals surface area contributed by atoms with Crippen LogP contribution in [-0.2, 0) is 23.7 Å². The highest BCUT2D eigenvalue weighted by Gasteiger charge is 1.87. The molecule has 0 N–H and O–H groups in total. The lowest BCUT2D eigenvalue weighted by atomic mass is 10.2. The molecule has 0 radical (unpaired) electrons. The molecular weight excluding hydrogens is 428 g/mol. The third-order valence-corrected chi connectivity index (χ3v) is 2.84. The van der Waals surface area contributed by atoms with Crippen LogP contribution in [0.15, 0.2) is 0 Å². The number of hydrogen-bond donors (Lipinski definition) is 0. The molecule has 0 aliphatic carbocycles. The Morgan fingerprint density at radius 2 is 1.09 bits per heavy atom. The third-order valence-electron chi connectivity index (χ3n) is 2.84. The Bertz CT molecular complexity index is 341. The summed E-state index contributed by atoms with van der Waals surface area (Å²) in [5, 5.41) is 0. The summed E-state index contributed by atoms with van der Waals surface area (Å²) >= 11 is 0. The van der Waals surface area contributed by atoms with Gasteiger partial charge in [-0.1, -0.05) is 80.9 Å². The standard InChI is InChI=1S/C7H16O2.C6H12O.C5H12O.C4H10O.C4H10.C3H8/c1-3-5-9-7-6-8-4-2;1-3-4-5-6(2)7;1-3-5-6-4-2;1-3-4-5-2;1-3-4-2;1-3-2/h3-7H2,1-2H3;3-5H2,1-2H3;3-5H2,1-2H3;3-4H2,1-2H3;3-4H2,1-2H3;3H2,1-2H3/i6*1T. The van der Waals surface area contributed by atoms with Gasteiger partial charge in [0.15, 0.2) is 0 Å². The van der Waals surface area contributed by atoms with Gasteiger partial charge in [0.1, 0.15) is 5.78 Å². The van der Waals surface area contributed by atoms with Crippen LogP contribution in [0.1, 0.15) is 142 Å². The number of ketones is 1. The summed E-state index contributed by atoms with van der Waals surface area (Å²) < 4.78 is 59.7. The van der Waals surface area contributed by atoms with Crippen molar-refractivity contribution in [2.45, 2.75) is 134 Å². The lowest BCUT2D eigenvalue weighted by Gasteiger charge is -2.00. The molecule has 0 amide bonds. The zero-order valence-corrected chi connectivity index (χ0v) is 24.1. The van der Waals surface area contributed by atoms with Crippen LogP contribution in [0.3, 0.4) is 0 Å². The number of rotatable bonds is 15. The van der Waals surface area contributed by atoms with Crippen LogP contribution in [-0.4, -0.2) is 59.1 Å². The first-order chi connectivity index (χ1) is 19.3. The molecule has 0 saturated carbocycles. The largest absolute Gasteiger partial charge is 0.385 e. The number of carbonyl (C=O) groups is 1. The normalized spacial score (nSPS) is 11.0. The highest BCUT2D eigenvalue weighted by Crippen LogP contribution is 1.92. The first-order valence-electron chi connectivity index (χ1n) is 17.1. The Hall–Kier alpha value is -0.490. The second-order valence-electron chi connectivity index (χ2n) is 6.57. The van der Waals surface area contributed by atoms with Gasteiger partial charge >= 0.3 is 0 Å². The molecule has 0 aliphatic rings. The van der Waals surface area contributed by atoms with Crippen LogP contribution < -0.4 is 0 Å². The lowest BCUT2D eigenvalue weighted by molar-refractivity contribution is -0.117. The summed E-state index contributed by atoms with van der Waals surface area (Å²) in [6.45, 7) is 17.7. The predicted molar refractivity (Wildman–Crippen MR) is 153 cm³/mol. The minimum Gasteiger partial charge on any atom is -0.385 e. The van der Waals surface area contributed by atoms with Gasteiger partial charge in [0, 0.05) is 54.8 Å². The molecule has 0 fully saturated rings. The van der Waals surface area contributed by atoms with Crippen molar-refractivity contribution in [1.82, 2.24) is 0 Å². The molecule has 5 heteroatoms. The molecule has 34 heavy (non-hydrogen) atoms. The number of hydrogen-bond acceptors (Lipinski definition) is 5. The maximum atomic E-state index is 10.3. The van der Waals surface area contributed by atoms with E-state index in [1.165, 1.54) is 0 Å². The molecule has 0 saturated heterocycles. The molecule has 0 atom stereocenters. The Balaban J connectivity index is -0.0000000888.